The van der Waals surface area contributed by atoms with Crippen LogP contribution in [0.5, 0.6) is 5.75 Å². The molecule has 20 heavy (non-hydrogen) atoms. The zero-order valence-electron chi connectivity index (χ0n) is 11.0. The molecule has 0 aliphatic carbocycles. The van der Waals surface area contributed by atoms with E-state index in [0.29, 0.717) is 6.54 Å². The predicted octanol–water partition coefficient (Wildman–Crippen LogP) is 3.05. The number of likely N-dealkylation sites (tertiary alicyclic amines) is 1. The highest BCUT2D eigenvalue weighted by Gasteiger charge is 2.18. The molecule has 0 saturated carbocycles. The van der Waals surface area contributed by atoms with Crippen molar-refractivity contribution in [2.75, 3.05) is 13.1 Å². The maximum Gasteiger partial charge on any atom is 0.387 e. The number of nitrogens with two attached hydrogens (primary N) is 1. The number of benzene rings is 1. The lowest BCUT2D eigenvalue weighted by Gasteiger charge is -2.31. The number of alkyl halides is 2. The summed E-state index contributed by atoms with van der Waals surface area (Å²) in [5.74, 6) is 0.256. The number of halogens is 4. The molecule has 2 N–H and O–H groups in total. The van der Waals surface area contributed by atoms with Gasteiger partial charge in [-0.3, -0.25) is 4.90 Å². The van der Waals surface area contributed by atoms with Crippen molar-refractivity contribution in [1.29, 1.82) is 0 Å². The highest BCUT2D eigenvalue weighted by molar-refractivity contribution is 5.85. The standard InChI is InChI=1S/C13H18F2N2O.2ClH/c14-13(15)18-12-6-2-1-4-10(12)8-17-7-3-5-11(16)9-17;;/h1-2,4,6,11,13H,3,5,7-9,16H2;2*1H/t11-;;/m1../s1. The van der Waals surface area contributed by atoms with Crippen molar-refractivity contribution < 1.29 is 13.5 Å². The molecular formula is C13H20Cl2F2N2O. The number of para-hydroxylation sites is 1. The summed E-state index contributed by atoms with van der Waals surface area (Å²) in [5.41, 5.74) is 6.69. The number of ether oxygens (including phenoxy) is 1. The van der Waals surface area contributed by atoms with Gasteiger partial charge in [-0.1, -0.05) is 18.2 Å². The molecule has 0 aromatic heterocycles. The Labute approximate surface area is 130 Å². The molecular weight excluding hydrogens is 309 g/mol. The fourth-order valence-corrected chi connectivity index (χ4v) is 2.32. The summed E-state index contributed by atoms with van der Waals surface area (Å²) in [7, 11) is 0. The summed E-state index contributed by atoms with van der Waals surface area (Å²) in [5, 5.41) is 0. The number of hydrogen-bond donors (Lipinski definition) is 1. The second kappa shape index (κ2) is 9.34. The maximum atomic E-state index is 12.3. The van der Waals surface area contributed by atoms with E-state index in [1.807, 2.05) is 12.1 Å². The fraction of sp³-hybridized carbons (Fsp3) is 0.538. The molecule has 1 heterocycles. The topological polar surface area (TPSA) is 38.5 Å². The van der Waals surface area contributed by atoms with Crippen LogP contribution in [0.15, 0.2) is 24.3 Å². The van der Waals surface area contributed by atoms with Crippen molar-refractivity contribution in [3.63, 3.8) is 0 Å². The average Bonchev–Trinajstić information content (AvgIpc) is 2.31. The van der Waals surface area contributed by atoms with Crippen LogP contribution < -0.4 is 10.5 Å². The van der Waals surface area contributed by atoms with Crippen molar-refractivity contribution in [2.24, 2.45) is 5.73 Å². The molecule has 0 amide bonds. The Kier molecular flexibility index (Phi) is 9.05. The SMILES string of the molecule is Cl.Cl.N[C@@H]1CCCN(Cc2ccccc2OC(F)F)C1. The van der Waals surface area contributed by atoms with E-state index in [4.69, 9.17) is 5.73 Å². The predicted molar refractivity (Wildman–Crippen MR) is 80.1 cm³/mol. The van der Waals surface area contributed by atoms with E-state index in [9.17, 15) is 8.78 Å². The molecule has 0 unspecified atom stereocenters. The Morgan fingerprint density at radius 2 is 2.00 bits per heavy atom. The van der Waals surface area contributed by atoms with Crippen LogP contribution in [-0.2, 0) is 6.54 Å². The minimum absolute atomic E-state index is 0. The van der Waals surface area contributed by atoms with E-state index in [1.165, 1.54) is 0 Å². The average molecular weight is 329 g/mol. The van der Waals surface area contributed by atoms with Gasteiger partial charge in [0, 0.05) is 24.7 Å². The van der Waals surface area contributed by atoms with E-state index in [2.05, 4.69) is 9.64 Å². The summed E-state index contributed by atoms with van der Waals surface area (Å²) in [6.45, 7) is -0.411. The van der Waals surface area contributed by atoms with Crippen molar-refractivity contribution in [1.82, 2.24) is 4.90 Å². The van der Waals surface area contributed by atoms with Crippen LogP contribution in [0, 0.1) is 0 Å². The van der Waals surface area contributed by atoms with E-state index >= 15 is 0 Å². The number of nitrogens with zero attached hydrogens (tertiary/aromatic N) is 1. The first kappa shape index (κ1) is 19.4. The van der Waals surface area contributed by atoms with Crippen LogP contribution >= 0.6 is 24.8 Å². The fourth-order valence-electron chi connectivity index (χ4n) is 2.32. The monoisotopic (exact) mass is 328 g/mol. The van der Waals surface area contributed by atoms with Gasteiger partial charge in [0.05, 0.1) is 0 Å². The first-order valence-electron chi connectivity index (χ1n) is 6.16. The van der Waals surface area contributed by atoms with Gasteiger partial charge in [-0.2, -0.15) is 8.78 Å². The van der Waals surface area contributed by atoms with Gasteiger partial charge in [0.1, 0.15) is 5.75 Å². The minimum Gasteiger partial charge on any atom is -0.434 e. The first-order chi connectivity index (χ1) is 8.65. The number of piperidine rings is 1. The molecule has 1 aromatic carbocycles. The van der Waals surface area contributed by atoms with Crippen LogP contribution in [0.1, 0.15) is 18.4 Å². The highest BCUT2D eigenvalue weighted by Crippen LogP contribution is 2.23. The molecule has 1 aliphatic rings. The third kappa shape index (κ3) is 5.79. The lowest BCUT2D eigenvalue weighted by molar-refractivity contribution is -0.0508. The van der Waals surface area contributed by atoms with Gasteiger partial charge >= 0.3 is 6.61 Å². The first-order valence-corrected chi connectivity index (χ1v) is 6.16. The lowest BCUT2D eigenvalue weighted by Crippen LogP contribution is -2.42. The molecule has 0 bridgehead atoms. The molecule has 1 fully saturated rings. The van der Waals surface area contributed by atoms with Crippen molar-refractivity contribution >= 4 is 24.8 Å². The number of rotatable bonds is 4. The maximum absolute atomic E-state index is 12.3. The van der Waals surface area contributed by atoms with Gasteiger partial charge < -0.3 is 10.5 Å². The van der Waals surface area contributed by atoms with E-state index in [1.54, 1.807) is 12.1 Å². The third-order valence-electron chi connectivity index (χ3n) is 3.12. The largest absolute Gasteiger partial charge is 0.434 e. The van der Waals surface area contributed by atoms with Gasteiger partial charge in [-0.25, -0.2) is 0 Å². The molecule has 7 heteroatoms. The van der Waals surface area contributed by atoms with Gasteiger partial charge in [-0.15, -0.1) is 24.8 Å². The summed E-state index contributed by atoms with van der Waals surface area (Å²) in [4.78, 5) is 2.18. The van der Waals surface area contributed by atoms with E-state index in [-0.39, 0.29) is 36.6 Å². The Bertz CT molecular complexity index is 396. The van der Waals surface area contributed by atoms with E-state index in [0.717, 1.165) is 31.5 Å². The summed E-state index contributed by atoms with van der Waals surface area (Å²) in [6.07, 6.45) is 2.09. The molecule has 3 nitrogen and oxygen atoms in total. The summed E-state index contributed by atoms with van der Waals surface area (Å²) < 4.78 is 29.1. The number of hydrogen-bond acceptors (Lipinski definition) is 3. The molecule has 1 atom stereocenters. The van der Waals surface area contributed by atoms with Crippen molar-refractivity contribution in [3.05, 3.63) is 29.8 Å². The zero-order valence-corrected chi connectivity index (χ0v) is 12.6. The van der Waals surface area contributed by atoms with Gasteiger partial charge in [0.2, 0.25) is 0 Å². The van der Waals surface area contributed by atoms with Gasteiger partial charge in [-0.05, 0) is 25.5 Å². The Balaban J connectivity index is 0.00000180. The van der Waals surface area contributed by atoms with Crippen LogP contribution in [0.25, 0.3) is 0 Å². The Morgan fingerprint density at radius 1 is 1.30 bits per heavy atom. The summed E-state index contributed by atoms with van der Waals surface area (Å²) >= 11 is 0. The summed E-state index contributed by atoms with van der Waals surface area (Å²) in [6, 6.07) is 7.10. The van der Waals surface area contributed by atoms with Crippen LogP contribution in [0.2, 0.25) is 0 Å². The van der Waals surface area contributed by atoms with Crippen LogP contribution in [0.3, 0.4) is 0 Å². The molecule has 2 rings (SSSR count). The lowest BCUT2D eigenvalue weighted by atomic mass is 10.1. The van der Waals surface area contributed by atoms with Gasteiger partial charge in [0.25, 0.3) is 0 Å². The quantitative estimate of drug-likeness (QED) is 0.923. The molecule has 0 spiro atoms. The molecule has 1 aliphatic heterocycles. The van der Waals surface area contributed by atoms with Crippen molar-refractivity contribution in [3.8, 4) is 5.75 Å². The molecule has 0 radical (unpaired) electrons. The van der Waals surface area contributed by atoms with E-state index < -0.39 is 6.61 Å². The minimum atomic E-state index is -2.78. The van der Waals surface area contributed by atoms with Crippen LogP contribution in [0.4, 0.5) is 8.78 Å². The molecule has 1 aromatic rings. The van der Waals surface area contributed by atoms with Gasteiger partial charge in [0.15, 0.2) is 0 Å². The zero-order chi connectivity index (χ0) is 13.0. The Morgan fingerprint density at radius 3 is 2.65 bits per heavy atom. The van der Waals surface area contributed by atoms with Crippen LogP contribution in [-0.4, -0.2) is 30.6 Å². The Hall–Kier alpha value is -0.620. The smallest absolute Gasteiger partial charge is 0.387 e. The second-order valence-electron chi connectivity index (χ2n) is 4.62. The van der Waals surface area contributed by atoms with Crippen molar-refractivity contribution in [2.45, 2.75) is 32.0 Å². The molecule has 116 valence electrons. The molecule has 1 saturated heterocycles. The normalized spacial score (nSPS) is 19.1. The third-order valence-corrected chi connectivity index (χ3v) is 3.12. The highest BCUT2D eigenvalue weighted by atomic mass is 35.5. The second-order valence-corrected chi connectivity index (χ2v) is 4.62.